The fraction of sp³-hybridized carbons (Fsp3) is 0.273. The number of carbonyl (C=O) groups is 2. The number of halogens is 1. The number of nitrogens with zero attached hydrogens (tertiary/aromatic N) is 1. The molecule has 1 saturated heterocycles. The number of benzene rings is 1. The van der Waals surface area contributed by atoms with Gasteiger partial charge in [0.15, 0.2) is 0 Å². The van der Waals surface area contributed by atoms with Gasteiger partial charge in [-0.15, -0.1) is 0 Å². The minimum Gasteiger partial charge on any atom is -0.481 e. The summed E-state index contributed by atoms with van der Waals surface area (Å²) in [6.45, 7) is 0.620. The minimum absolute atomic E-state index is 0.106. The van der Waals surface area contributed by atoms with E-state index in [1.54, 1.807) is 29.2 Å². The number of aliphatic carboxylic acids is 1. The van der Waals surface area contributed by atoms with Crippen LogP contribution in [0, 0.1) is 5.92 Å². The van der Waals surface area contributed by atoms with E-state index in [9.17, 15) is 9.59 Å². The standard InChI is InChI=1S/C11H10BrNO3/c12-9-3-1-7(2-4-9)10(14)13-5-8(6-13)11(15)16/h1-4,8H,5-6H2,(H,15,16). The molecule has 1 aromatic rings. The summed E-state index contributed by atoms with van der Waals surface area (Å²) >= 11 is 3.29. The quantitative estimate of drug-likeness (QED) is 0.897. The van der Waals surface area contributed by atoms with E-state index in [1.165, 1.54) is 0 Å². The molecule has 5 heteroatoms. The first kappa shape index (κ1) is 11.1. The molecule has 1 amide bonds. The first-order valence-electron chi connectivity index (χ1n) is 4.85. The molecular formula is C11H10BrNO3. The number of carboxylic acids is 1. The second-order valence-electron chi connectivity index (χ2n) is 3.75. The maximum Gasteiger partial charge on any atom is 0.310 e. The third kappa shape index (κ3) is 2.09. The van der Waals surface area contributed by atoms with Crippen molar-refractivity contribution in [3.05, 3.63) is 34.3 Å². The van der Waals surface area contributed by atoms with Crippen LogP contribution >= 0.6 is 15.9 Å². The second kappa shape index (κ2) is 4.25. The van der Waals surface area contributed by atoms with Gasteiger partial charge in [-0.1, -0.05) is 15.9 Å². The highest BCUT2D eigenvalue weighted by atomic mass is 79.9. The van der Waals surface area contributed by atoms with Gasteiger partial charge in [-0.3, -0.25) is 9.59 Å². The van der Waals surface area contributed by atoms with Crippen molar-refractivity contribution < 1.29 is 14.7 Å². The molecule has 84 valence electrons. The van der Waals surface area contributed by atoms with Crippen LogP contribution in [0.3, 0.4) is 0 Å². The first-order valence-corrected chi connectivity index (χ1v) is 5.65. The van der Waals surface area contributed by atoms with Crippen LogP contribution < -0.4 is 0 Å². The Morgan fingerprint density at radius 3 is 2.31 bits per heavy atom. The Balaban J connectivity index is 2.00. The predicted molar refractivity (Wildman–Crippen MR) is 61.2 cm³/mol. The van der Waals surface area contributed by atoms with E-state index in [4.69, 9.17) is 5.11 Å². The van der Waals surface area contributed by atoms with Gasteiger partial charge >= 0.3 is 5.97 Å². The SMILES string of the molecule is O=C(O)C1CN(C(=O)c2ccc(Br)cc2)C1. The molecule has 0 aliphatic carbocycles. The Hall–Kier alpha value is -1.36. The maximum atomic E-state index is 11.8. The molecule has 1 N–H and O–H groups in total. The summed E-state index contributed by atoms with van der Waals surface area (Å²) < 4.78 is 0.913. The average Bonchev–Trinajstić information content (AvgIpc) is 2.15. The van der Waals surface area contributed by atoms with E-state index >= 15 is 0 Å². The van der Waals surface area contributed by atoms with Crippen LogP contribution in [0.4, 0.5) is 0 Å². The van der Waals surface area contributed by atoms with E-state index in [1.807, 2.05) is 0 Å². The number of hydrogen-bond acceptors (Lipinski definition) is 2. The highest BCUT2D eigenvalue weighted by Crippen LogP contribution is 2.19. The van der Waals surface area contributed by atoms with Crippen LogP contribution in [0.5, 0.6) is 0 Å². The molecule has 1 fully saturated rings. The summed E-state index contributed by atoms with van der Waals surface area (Å²) in [4.78, 5) is 24.0. The molecular weight excluding hydrogens is 274 g/mol. The van der Waals surface area contributed by atoms with Crippen molar-refractivity contribution in [2.45, 2.75) is 0 Å². The lowest BCUT2D eigenvalue weighted by atomic mass is 9.99. The Kier molecular flexibility index (Phi) is 2.96. The van der Waals surface area contributed by atoms with Gasteiger partial charge < -0.3 is 10.0 Å². The number of carbonyl (C=O) groups excluding carboxylic acids is 1. The lowest BCUT2D eigenvalue weighted by Crippen LogP contribution is -2.53. The number of likely N-dealkylation sites (tertiary alicyclic amines) is 1. The summed E-state index contributed by atoms with van der Waals surface area (Å²) in [7, 11) is 0. The fourth-order valence-corrected chi connectivity index (χ4v) is 1.84. The molecule has 2 rings (SSSR count). The topological polar surface area (TPSA) is 57.6 Å². The van der Waals surface area contributed by atoms with Crippen LogP contribution in [0.15, 0.2) is 28.7 Å². The van der Waals surface area contributed by atoms with E-state index in [-0.39, 0.29) is 5.91 Å². The zero-order valence-electron chi connectivity index (χ0n) is 8.39. The van der Waals surface area contributed by atoms with Gasteiger partial charge in [0.1, 0.15) is 0 Å². The summed E-state index contributed by atoms with van der Waals surface area (Å²) in [5.74, 6) is -1.34. The lowest BCUT2D eigenvalue weighted by Gasteiger charge is -2.36. The molecule has 16 heavy (non-hydrogen) atoms. The van der Waals surface area contributed by atoms with Crippen molar-refractivity contribution in [3.63, 3.8) is 0 Å². The molecule has 0 aromatic heterocycles. The summed E-state index contributed by atoms with van der Waals surface area (Å²) in [5.41, 5.74) is 0.590. The molecule has 0 unspecified atom stereocenters. The van der Waals surface area contributed by atoms with Crippen molar-refractivity contribution >= 4 is 27.8 Å². The van der Waals surface area contributed by atoms with E-state index in [0.29, 0.717) is 18.7 Å². The smallest absolute Gasteiger partial charge is 0.310 e. The van der Waals surface area contributed by atoms with Gasteiger partial charge in [0.25, 0.3) is 5.91 Å². The highest BCUT2D eigenvalue weighted by Gasteiger charge is 2.35. The van der Waals surface area contributed by atoms with Crippen molar-refractivity contribution in [1.29, 1.82) is 0 Å². The third-order valence-corrected chi connectivity index (χ3v) is 3.14. The van der Waals surface area contributed by atoms with Crippen molar-refractivity contribution in [3.8, 4) is 0 Å². The van der Waals surface area contributed by atoms with E-state index in [0.717, 1.165) is 4.47 Å². The van der Waals surface area contributed by atoms with E-state index in [2.05, 4.69) is 15.9 Å². The number of amides is 1. The molecule has 4 nitrogen and oxygen atoms in total. The molecule has 1 aliphatic rings. The van der Waals surface area contributed by atoms with Crippen LogP contribution in [-0.4, -0.2) is 35.0 Å². The van der Waals surface area contributed by atoms with Gasteiger partial charge in [0.2, 0.25) is 0 Å². The molecule has 1 aliphatic heterocycles. The van der Waals surface area contributed by atoms with Crippen LogP contribution in [0.2, 0.25) is 0 Å². The fourth-order valence-electron chi connectivity index (χ4n) is 1.58. The summed E-state index contributed by atoms with van der Waals surface area (Å²) in [5, 5.41) is 8.70. The Bertz CT molecular complexity index is 423. The number of rotatable bonds is 2. The Morgan fingerprint density at radius 2 is 1.81 bits per heavy atom. The van der Waals surface area contributed by atoms with Crippen LogP contribution in [-0.2, 0) is 4.79 Å². The van der Waals surface area contributed by atoms with Gasteiger partial charge in [0, 0.05) is 23.1 Å². The van der Waals surface area contributed by atoms with Gasteiger partial charge in [-0.2, -0.15) is 0 Å². The minimum atomic E-state index is -0.833. The normalized spacial score (nSPS) is 15.7. The number of hydrogen-bond donors (Lipinski definition) is 1. The first-order chi connectivity index (χ1) is 7.58. The molecule has 0 spiro atoms. The molecule has 0 atom stereocenters. The molecule has 0 bridgehead atoms. The van der Waals surface area contributed by atoms with Crippen molar-refractivity contribution in [2.75, 3.05) is 13.1 Å². The second-order valence-corrected chi connectivity index (χ2v) is 4.67. The highest BCUT2D eigenvalue weighted by molar-refractivity contribution is 9.10. The van der Waals surface area contributed by atoms with Gasteiger partial charge in [-0.05, 0) is 24.3 Å². The molecule has 0 saturated carbocycles. The number of carboxylic acid groups (broad SMARTS) is 1. The van der Waals surface area contributed by atoms with E-state index < -0.39 is 11.9 Å². The lowest BCUT2D eigenvalue weighted by molar-refractivity contribution is -0.146. The predicted octanol–water partition coefficient (Wildman–Crippen LogP) is 1.61. The third-order valence-electron chi connectivity index (χ3n) is 2.61. The summed E-state index contributed by atoms with van der Waals surface area (Å²) in [6, 6.07) is 7.03. The Morgan fingerprint density at radius 1 is 1.25 bits per heavy atom. The zero-order valence-corrected chi connectivity index (χ0v) is 9.98. The molecule has 1 heterocycles. The Labute approximate surface area is 101 Å². The zero-order chi connectivity index (χ0) is 11.7. The molecule has 1 aromatic carbocycles. The molecule has 0 radical (unpaired) electrons. The average molecular weight is 284 g/mol. The van der Waals surface area contributed by atoms with Crippen LogP contribution in [0.1, 0.15) is 10.4 Å². The summed E-state index contributed by atoms with van der Waals surface area (Å²) in [6.07, 6.45) is 0. The largest absolute Gasteiger partial charge is 0.481 e. The van der Waals surface area contributed by atoms with Gasteiger partial charge in [-0.25, -0.2) is 0 Å². The van der Waals surface area contributed by atoms with Crippen molar-refractivity contribution in [1.82, 2.24) is 4.90 Å². The monoisotopic (exact) mass is 283 g/mol. The maximum absolute atomic E-state index is 11.8. The van der Waals surface area contributed by atoms with Crippen molar-refractivity contribution in [2.24, 2.45) is 5.92 Å². The van der Waals surface area contributed by atoms with Gasteiger partial charge in [0.05, 0.1) is 5.92 Å². The van der Waals surface area contributed by atoms with Crippen LogP contribution in [0.25, 0.3) is 0 Å².